The average Bonchev–Trinajstić information content (AvgIpc) is 2.62. The minimum atomic E-state index is -1.53. The van der Waals surface area contributed by atoms with Crippen LogP contribution < -0.4 is 0 Å². The molecule has 9 heteroatoms. The molecule has 0 bridgehead atoms. The predicted molar refractivity (Wildman–Crippen MR) is 428 cm³/mol. The lowest BCUT2D eigenvalue weighted by atomic mass is 10.0. The minimum absolute atomic E-state index is 0.171. The highest BCUT2D eigenvalue weighted by Crippen LogP contribution is 2.15. The molecule has 0 saturated heterocycles. The smallest absolute Gasteiger partial charge is 0.361 e. The van der Waals surface area contributed by atoms with Gasteiger partial charge in [-0.1, -0.05) is 315 Å². The van der Waals surface area contributed by atoms with Gasteiger partial charge < -0.3 is 28.5 Å². The first kappa shape index (κ1) is 92.4. The van der Waals surface area contributed by atoms with Gasteiger partial charge in [0.2, 0.25) is 0 Å². The molecule has 552 valence electrons. The zero-order chi connectivity index (χ0) is 71.8. The number of carboxylic acids is 1. The summed E-state index contributed by atoms with van der Waals surface area (Å²) in [5.41, 5.74) is 0. The van der Waals surface area contributed by atoms with Crippen LogP contribution in [0.5, 0.6) is 0 Å². The van der Waals surface area contributed by atoms with E-state index >= 15 is 0 Å². The molecule has 0 fully saturated rings. The van der Waals surface area contributed by atoms with E-state index < -0.39 is 24.3 Å². The van der Waals surface area contributed by atoms with Crippen LogP contribution in [0, 0.1) is 0 Å². The molecular formula is C90H140NO8+. The van der Waals surface area contributed by atoms with Gasteiger partial charge in [0.25, 0.3) is 6.29 Å². The summed E-state index contributed by atoms with van der Waals surface area (Å²) in [6, 6.07) is 0. The second kappa shape index (κ2) is 77.1. The van der Waals surface area contributed by atoms with Gasteiger partial charge in [0.05, 0.1) is 34.4 Å². The molecule has 0 radical (unpaired) electrons. The molecule has 9 nitrogen and oxygen atoms in total. The van der Waals surface area contributed by atoms with Crippen molar-refractivity contribution in [2.45, 2.75) is 270 Å². The van der Waals surface area contributed by atoms with Crippen molar-refractivity contribution in [1.29, 1.82) is 0 Å². The van der Waals surface area contributed by atoms with Crippen LogP contribution in [0.15, 0.2) is 231 Å². The Balaban J connectivity index is 4.22. The Morgan fingerprint density at radius 1 is 0.303 bits per heavy atom. The van der Waals surface area contributed by atoms with E-state index in [1.165, 1.54) is 38.5 Å². The van der Waals surface area contributed by atoms with Crippen molar-refractivity contribution in [3.63, 3.8) is 0 Å². The largest absolute Gasteiger partial charge is 0.477 e. The predicted octanol–water partition coefficient (Wildman–Crippen LogP) is 25.0. The maximum absolute atomic E-state index is 13.0. The first-order chi connectivity index (χ1) is 48.6. The van der Waals surface area contributed by atoms with E-state index in [4.69, 9.17) is 18.9 Å². The molecule has 99 heavy (non-hydrogen) atoms. The van der Waals surface area contributed by atoms with Gasteiger partial charge >= 0.3 is 17.9 Å². The summed E-state index contributed by atoms with van der Waals surface area (Å²) in [6.45, 7) is 4.59. The van der Waals surface area contributed by atoms with Crippen molar-refractivity contribution in [2.75, 3.05) is 47.5 Å². The first-order valence-electron chi connectivity index (χ1n) is 38.5. The third kappa shape index (κ3) is 78.6. The summed E-state index contributed by atoms with van der Waals surface area (Å²) < 4.78 is 23.0. The standard InChI is InChI=1S/C90H139NO8/c1-6-8-10-12-14-16-18-20-22-24-26-28-30-32-34-36-38-40-41-42-43-44-45-46-47-49-51-53-55-57-59-61-63-65-67-69-71-73-75-77-79-81-88(93)99-86(85-98-90(89(94)95)96-83-82-91(3,4)5)84-97-87(92)80-78-76-74-72-70-68-66-64-62-60-58-56-54-52-50-48-39-37-35-33-31-29-27-25-23-21-19-17-15-13-11-9-7-2/h8-11,14-17,20-23,26-29,32-35,38-40,42-43,45-46,48-49,51-52,54-55,57-58,60,64,66,86,90H,6-7,12-13,18-19,24-25,30-31,36-37,41,44,47,50,53,56,59,61-63,65,67-85H2,1-5H3/p+1/b10-8-,11-9-,16-14-,17-15-,22-20-,23-21-,28-26-,29-27-,34-32-,35-33-,40-38-,43-42-,46-45-,48-39-,51-49-,54-52-,57-55-,60-58-,66-64-. The highest BCUT2D eigenvalue weighted by atomic mass is 16.7. The van der Waals surface area contributed by atoms with E-state index in [1.54, 1.807) is 0 Å². The number of ether oxygens (including phenoxy) is 4. The quantitative estimate of drug-likeness (QED) is 0.0211. The molecule has 0 heterocycles. The van der Waals surface area contributed by atoms with Gasteiger partial charge in [-0.2, -0.15) is 0 Å². The highest BCUT2D eigenvalue weighted by Gasteiger charge is 2.25. The fraction of sp³-hybridized carbons (Fsp3) is 0.544. The molecule has 0 spiro atoms. The molecule has 0 aliphatic carbocycles. The summed E-state index contributed by atoms with van der Waals surface area (Å²) in [4.78, 5) is 37.7. The number of esters is 2. The first-order valence-corrected chi connectivity index (χ1v) is 38.5. The lowest BCUT2D eigenvalue weighted by molar-refractivity contribution is -0.870. The molecule has 0 aromatic carbocycles. The second-order valence-corrected chi connectivity index (χ2v) is 25.8. The van der Waals surface area contributed by atoms with Crippen LogP contribution in [0.25, 0.3) is 0 Å². The fourth-order valence-corrected chi connectivity index (χ4v) is 9.62. The third-order valence-electron chi connectivity index (χ3n) is 15.4. The number of carboxylic acid groups (broad SMARTS) is 1. The van der Waals surface area contributed by atoms with Gasteiger partial charge in [-0.3, -0.25) is 9.59 Å². The Hall–Kier alpha value is -6.65. The Morgan fingerprint density at radius 3 is 0.808 bits per heavy atom. The number of hydrogen-bond acceptors (Lipinski definition) is 7. The summed E-state index contributed by atoms with van der Waals surface area (Å²) in [5.74, 6) is -2.06. The Labute approximate surface area is 606 Å². The van der Waals surface area contributed by atoms with E-state index in [0.29, 0.717) is 23.9 Å². The van der Waals surface area contributed by atoms with E-state index in [1.807, 2.05) is 21.1 Å². The van der Waals surface area contributed by atoms with Gasteiger partial charge in [0.1, 0.15) is 13.2 Å². The monoisotopic (exact) mass is 1360 g/mol. The third-order valence-corrected chi connectivity index (χ3v) is 15.4. The number of nitrogens with zero attached hydrogens (tertiary/aromatic N) is 1. The van der Waals surface area contributed by atoms with Crippen molar-refractivity contribution in [2.24, 2.45) is 0 Å². The summed E-state index contributed by atoms with van der Waals surface area (Å²) in [7, 11) is 5.96. The summed E-state index contributed by atoms with van der Waals surface area (Å²) in [5, 5.41) is 9.77. The molecule has 0 aromatic rings. The van der Waals surface area contributed by atoms with Crippen LogP contribution in [0.4, 0.5) is 0 Å². The number of carbonyl (C=O) groups is 3. The van der Waals surface area contributed by atoms with Crippen molar-refractivity contribution in [1.82, 2.24) is 0 Å². The Morgan fingerprint density at radius 2 is 0.545 bits per heavy atom. The van der Waals surface area contributed by atoms with E-state index in [0.717, 1.165) is 180 Å². The lowest BCUT2D eigenvalue weighted by Gasteiger charge is -2.25. The maximum Gasteiger partial charge on any atom is 0.361 e. The zero-order valence-corrected chi connectivity index (χ0v) is 63.0. The normalized spacial score (nSPS) is 14.0. The maximum atomic E-state index is 13.0. The Bertz CT molecular complexity index is 2490. The Kier molecular flexibility index (Phi) is 71.9. The molecule has 2 atom stereocenters. The van der Waals surface area contributed by atoms with Gasteiger partial charge in [-0.15, -0.1) is 0 Å². The molecule has 0 aromatic heterocycles. The molecule has 1 N–H and O–H groups in total. The molecule has 0 amide bonds. The molecule has 0 rings (SSSR count). The van der Waals surface area contributed by atoms with Crippen molar-refractivity contribution in [3.05, 3.63) is 231 Å². The topological polar surface area (TPSA) is 108 Å². The van der Waals surface area contributed by atoms with Gasteiger partial charge in [-0.25, -0.2) is 4.79 Å². The van der Waals surface area contributed by atoms with Crippen LogP contribution in [-0.4, -0.2) is 87.4 Å². The van der Waals surface area contributed by atoms with E-state index in [9.17, 15) is 19.5 Å². The lowest BCUT2D eigenvalue weighted by Crippen LogP contribution is -2.40. The van der Waals surface area contributed by atoms with Crippen LogP contribution >= 0.6 is 0 Å². The number of unbranched alkanes of at least 4 members (excludes halogenated alkanes) is 15. The molecule has 2 unspecified atom stereocenters. The summed E-state index contributed by atoms with van der Waals surface area (Å²) >= 11 is 0. The van der Waals surface area contributed by atoms with Gasteiger partial charge in [0.15, 0.2) is 6.10 Å². The second-order valence-electron chi connectivity index (χ2n) is 25.8. The van der Waals surface area contributed by atoms with Crippen molar-refractivity contribution < 1.29 is 42.9 Å². The number of likely N-dealkylation sites (N-methyl/N-ethyl adjacent to an activating group) is 1. The van der Waals surface area contributed by atoms with Crippen molar-refractivity contribution >= 4 is 17.9 Å². The molecule has 0 saturated carbocycles. The van der Waals surface area contributed by atoms with Gasteiger partial charge in [0, 0.05) is 12.8 Å². The number of allylic oxidation sites excluding steroid dienone is 38. The number of hydrogen-bond donors (Lipinski definition) is 1. The van der Waals surface area contributed by atoms with Crippen LogP contribution in [0.3, 0.4) is 0 Å². The van der Waals surface area contributed by atoms with Crippen LogP contribution in [-0.2, 0) is 33.3 Å². The minimum Gasteiger partial charge on any atom is -0.477 e. The number of carbonyl (C=O) groups excluding carboxylic acids is 2. The molecule has 0 aliphatic heterocycles. The van der Waals surface area contributed by atoms with Crippen LogP contribution in [0.2, 0.25) is 0 Å². The molecule has 0 aliphatic rings. The van der Waals surface area contributed by atoms with E-state index in [2.05, 4.69) is 245 Å². The number of quaternary nitrogens is 1. The number of rotatable bonds is 68. The molecular weight excluding hydrogens is 1220 g/mol. The van der Waals surface area contributed by atoms with Crippen molar-refractivity contribution in [3.8, 4) is 0 Å². The summed E-state index contributed by atoms with van der Waals surface area (Å²) in [6.07, 6.45) is 120. The van der Waals surface area contributed by atoms with Gasteiger partial charge in [-0.05, 0) is 161 Å². The highest BCUT2D eigenvalue weighted by molar-refractivity contribution is 5.71. The average molecular weight is 1360 g/mol. The number of aliphatic carboxylic acids is 1. The zero-order valence-electron chi connectivity index (χ0n) is 63.0. The SMILES string of the molecule is CC/C=C\C/C=C\C/C=C\C/C=C\C/C=C\C/C=C\C/C=C\C/C=C\C/C=C\C/C=C\CCCCCCCCCCCCC(=O)OC(COC(=O)CCCCCCC/C=C\C/C=C\C/C=C\C/C=C\C/C=C\C/C=C\C/C=C\C/C=C\C/C=C\CC)COC(OCC[N+](C)(C)C)C(=O)O. The van der Waals surface area contributed by atoms with E-state index in [-0.39, 0.29) is 38.6 Å². The fourth-order valence-electron chi connectivity index (χ4n) is 9.62. The van der Waals surface area contributed by atoms with Crippen LogP contribution in [0.1, 0.15) is 258 Å².